The summed E-state index contributed by atoms with van der Waals surface area (Å²) in [5, 5.41) is 16.4. The number of aromatic nitrogens is 6. The minimum atomic E-state index is -0.226. The second-order valence-corrected chi connectivity index (χ2v) is 6.83. The van der Waals surface area contributed by atoms with E-state index < -0.39 is 0 Å². The first kappa shape index (κ1) is 18.9. The van der Waals surface area contributed by atoms with Crippen molar-refractivity contribution in [1.29, 1.82) is 0 Å². The highest BCUT2D eigenvalue weighted by Crippen LogP contribution is 2.27. The predicted molar refractivity (Wildman–Crippen MR) is 107 cm³/mol. The molecular formula is C20H23N7O2. The minimum absolute atomic E-state index is 0.212. The van der Waals surface area contributed by atoms with Gasteiger partial charge in [0.1, 0.15) is 5.69 Å². The van der Waals surface area contributed by atoms with Crippen LogP contribution in [0.2, 0.25) is 0 Å². The smallest absolute Gasteiger partial charge is 0.259 e. The van der Waals surface area contributed by atoms with Crippen molar-refractivity contribution in [2.45, 2.75) is 46.8 Å². The van der Waals surface area contributed by atoms with Crippen molar-refractivity contribution in [3.8, 4) is 11.4 Å². The van der Waals surface area contributed by atoms with Gasteiger partial charge in [0.2, 0.25) is 0 Å². The van der Waals surface area contributed by atoms with Crippen LogP contribution in [0.4, 0.5) is 0 Å². The summed E-state index contributed by atoms with van der Waals surface area (Å²) in [5.74, 6) is -0.226. The van der Waals surface area contributed by atoms with Crippen LogP contribution in [0.5, 0.6) is 0 Å². The van der Waals surface area contributed by atoms with Crippen molar-refractivity contribution in [2.75, 3.05) is 0 Å². The molecule has 4 heterocycles. The lowest BCUT2D eigenvalue weighted by Gasteiger charge is -2.16. The average Bonchev–Trinajstić information content (AvgIpc) is 3.46. The van der Waals surface area contributed by atoms with Crippen molar-refractivity contribution in [2.24, 2.45) is 0 Å². The molecule has 150 valence electrons. The van der Waals surface area contributed by atoms with E-state index in [0.29, 0.717) is 33.7 Å². The van der Waals surface area contributed by atoms with E-state index in [0.717, 1.165) is 18.8 Å². The fourth-order valence-electron chi connectivity index (χ4n) is 3.40. The van der Waals surface area contributed by atoms with E-state index in [2.05, 4.69) is 25.7 Å². The van der Waals surface area contributed by atoms with Crippen LogP contribution >= 0.6 is 0 Å². The van der Waals surface area contributed by atoms with Crippen molar-refractivity contribution < 1.29 is 9.32 Å². The first-order valence-electron chi connectivity index (χ1n) is 9.65. The molecule has 0 aliphatic rings. The number of carbonyl (C=O) groups excluding carboxylic acids is 1. The fourth-order valence-corrected chi connectivity index (χ4v) is 3.40. The Kier molecular flexibility index (Phi) is 4.87. The third-order valence-corrected chi connectivity index (χ3v) is 4.93. The van der Waals surface area contributed by atoms with E-state index in [1.807, 2.05) is 43.8 Å². The number of nitrogens with zero attached hydrogens (tertiary/aromatic N) is 6. The van der Waals surface area contributed by atoms with Crippen molar-refractivity contribution >= 4 is 17.0 Å². The number of hydrogen-bond donors (Lipinski definition) is 1. The lowest BCUT2D eigenvalue weighted by Crippen LogP contribution is -2.28. The number of hydrogen-bond acceptors (Lipinski definition) is 6. The summed E-state index contributed by atoms with van der Waals surface area (Å²) in [6, 6.07) is 5.31. The number of amides is 1. The van der Waals surface area contributed by atoms with Gasteiger partial charge in [-0.2, -0.15) is 10.2 Å². The Bertz CT molecular complexity index is 1170. The van der Waals surface area contributed by atoms with Gasteiger partial charge < -0.3 is 9.84 Å². The molecule has 29 heavy (non-hydrogen) atoms. The third kappa shape index (κ3) is 3.39. The monoisotopic (exact) mass is 393 g/mol. The molecule has 0 spiro atoms. The average molecular weight is 393 g/mol. The summed E-state index contributed by atoms with van der Waals surface area (Å²) >= 11 is 0. The van der Waals surface area contributed by atoms with Gasteiger partial charge in [-0.1, -0.05) is 5.16 Å². The first-order chi connectivity index (χ1) is 14.0. The summed E-state index contributed by atoms with van der Waals surface area (Å²) < 4.78 is 9.03. The van der Waals surface area contributed by atoms with E-state index in [1.54, 1.807) is 23.9 Å². The van der Waals surface area contributed by atoms with E-state index in [-0.39, 0.29) is 11.9 Å². The minimum Gasteiger partial charge on any atom is -0.344 e. The quantitative estimate of drug-likeness (QED) is 0.540. The summed E-state index contributed by atoms with van der Waals surface area (Å²) in [4.78, 5) is 17.7. The van der Waals surface area contributed by atoms with Gasteiger partial charge in [0.15, 0.2) is 0 Å². The summed E-state index contributed by atoms with van der Waals surface area (Å²) in [5.41, 5.74) is 3.59. The van der Waals surface area contributed by atoms with E-state index in [1.165, 1.54) is 0 Å². The van der Waals surface area contributed by atoms with Crippen LogP contribution in [0.3, 0.4) is 0 Å². The zero-order chi connectivity index (χ0) is 20.5. The highest BCUT2D eigenvalue weighted by Gasteiger charge is 2.22. The van der Waals surface area contributed by atoms with Crippen molar-refractivity contribution in [3.05, 3.63) is 47.5 Å². The molecule has 0 radical (unpaired) electrons. The number of carbonyl (C=O) groups is 1. The Labute approximate surface area is 167 Å². The highest BCUT2D eigenvalue weighted by atomic mass is 16.5. The highest BCUT2D eigenvalue weighted by molar-refractivity contribution is 6.07. The molecular weight excluding hydrogens is 370 g/mol. The van der Waals surface area contributed by atoms with Crippen LogP contribution in [0.25, 0.3) is 22.5 Å². The summed E-state index contributed by atoms with van der Waals surface area (Å²) in [6.45, 7) is 9.24. The molecule has 0 aliphatic carbocycles. The number of pyridine rings is 1. The molecule has 4 rings (SSSR count). The molecule has 0 bridgehead atoms. The Morgan fingerprint density at radius 1 is 1.24 bits per heavy atom. The molecule has 0 saturated heterocycles. The van der Waals surface area contributed by atoms with Gasteiger partial charge >= 0.3 is 0 Å². The van der Waals surface area contributed by atoms with Gasteiger partial charge in [-0.15, -0.1) is 0 Å². The lowest BCUT2D eigenvalue weighted by molar-refractivity contribution is 0.0940. The van der Waals surface area contributed by atoms with Gasteiger partial charge in [-0.3, -0.25) is 14.2 Å². The Morgan fingerprint density at radius 2 is 2.07 bits per heavy atom. The zero-order valence-electron chi connectivity index (χ0n) is 16.9. The maximum atomic E-state index is 13.2. The topological polar surface area (TPSA) is 104 Å². The predicted octanol–water partition coefficient (Wildman–Crippen LogP) is 3.12. The third-order valence-electron chi connectivity index (χ3n) is 4.93. The van der Waals surface area contributed by atoms with Crippen LogP contribution in [-0.4, -0.2) is 35.6 Å². The van der Waals surface area contributed by atoms with Gasteiger partial charge in [0.05, 0.1) is 34.1 Å². The van der Waals surface area contributed by atoms with Gasteiger partial charge in [-0.05, 0) is 45.9 Å². The molecule has 1 N–H and O–H groups in total. The molecule has 9 nitrogen and oxygen atoms in total. The van der Waals surface area contributed by atoms with Crippen LogP contribution in [0.15, 0.2) is 35.1 Å². The van der Waals surface area contributed by atoms with Gasteiger partial charge in [-0.25, -0.2) is 4.98 Å². The Balaban J connectivity index is 1.73. The molecule has 0 saturated carbocycles. The van der Waals surface area contributed by atoms with Crippen LogP contribution in [0.1, 0.15) is 48.6 Å². The van der Waals surface area contributed by atoms with Crippen LogP contribution in [0, 0.1) is 6.92 Å². The number of fused-ring (bicyclic) bond motifs is 1. The van der Waals surface area contributed by atoms with Gasteiger partial charge in [0.25, 0.3) is 11.6 Å². The maximum absolute atomic E-state index is 13.2. The molecule has 1 amide bonds. The van der Waals surface area contributed by atoms with E-state index in [9.17, 15) is 4.79 Å². The molecule has 0 aromatic carbocycles. The largest absolute Gasteiger partial charge is 0.344 e. The zero-order valence-corrected chi connectivity index (χ0v) is 16.9. The molecule has 0 fully saturated rings. The maximum Gasteiger partial charge on any atom is 0.259 e. The van der Waals surface area contributed by atoms with Crippen molar-refractivity contribution in [3.63, 3.8) is 0 Å². The van der Waals surface area contributed by atoms with Crippen molar-refractivity contribution in [1.82, 2.24) is 35.0 Å². The molecule has 1 unspecified atom stereocenters. The molecule has 0 aliphatic heterocycles. The number of rotatable bonds is 6. The fraction of sp³-hybridized carbons (Fsp3) is 0.350. The number of aryl methyl sites for hydroxylation is 3. The lowest BCUT2D eigenvalue weighted by atomic mass is 10.1. The van der Waals surface area contributed by atoms with Crippen LogP contribution in [-0.2, 0) is 13.1 Å². The Morgan fingerprint density at radius 3 is 2.79 bits per heavy atom. The van der Waals surface area contributed by atoms with Gasteiger partial charge in [0, 0.05) is 25.5 Å². The number of nitrogens with one attached hydrogen (secondary N) is 1. The normalized spacial score (nSPS) is 12.4. The summed E-state index contributed by atoms with van der Waals surface area (Å²) in [6.07, 6.45) is 3.61. The SMILES string of the molecule is CCn1ccc(-c2cc(C(=O)NC(C)c3ccnn3CC)c3c(C)noc3n2)n1. The van der Waals surface area contributed by atoms with Crippen LogP contribution < -0.4 is 5.32 Å². The summed E-state index contributed by atoms with van der Waals surface area (Å²) in [7, 11) is 0. The molecule has 4 aromatic rings. The second-order valence-electron chi connectivity index (χ2n) is 6.83. The molecule has 9 heteroatoms. The molecule has 1 atom stereocenters. The van der Waals surface area contributed by atoms with E-state index in [4.69, 9.17) is 4.52 Å². The van der Waals surface area contributed by atoms with E-state index >= 15 is 0 Å². The first-order valence-corrected chi connectivity index (χ1v) is 9.65. The Hall–Kier alpha value is -3.49. The molecule has 4 aromatic heterocycles. The second kappa shape index (κ2) is 7.50. The standard InChI is InChI=1S/C20H23N7O2/c1-5-26-10-8-15(24-26)16-11-14(18-13(4)25-29-20(18)23-16)19(28)22-12(3)17-7-9-21-27(17)6-2/h7-12H,5-6H2,1-4H3,(H,22,28).